The maximum absolute atomic E-state index is 12.3. The predicted molar refractivity (Wildman–Crippen MR) is 111 cm³/mol. The van der Waals surface area contributed by atoms with Crippen molar-refractivity contribution < 1.29 is 27.6 Å². The van der Waals surface area contributed by atoms with Crippen molar-refractivity contribution in [3.05, 3.63) is 56.6 Å². The summed E-state index contributed by atoms with van der Waals surface area (Å²) in [5, 5.41) is 14.4. The van der Waals surface area contributed by atoms with Crippen molar-refractivity contribution in [1.29, 1.82) is 0 Å². The van der Waals surface area contributed by atoms with Crippen molar-refractivity contribution in [2.75, 3.05) is 32.1 Å². The maximum atomic E-state index is 12.3. The number of sulfonamides is 1. The van der Waals surface area contributed by atoms with Crippen LogP contribution in [0.2, 0.25) is 10.0 Å². The lowest BCUT2D eigenvalue weighted by atomic mass is 10.3. The second-order valence-electron chi connectivity index (χ2n) is 5.65. The Morgan fingerprint density at radius 1 is 1.17 bits per heavy atom. The third-order valence-electron chi connectivity index (χ3n) is 3.65. The van der Waals surface area contributed by atoms with Gasteiger partial charge < -0.3 is 14.8 Å². The van der Waals surface area contributed by atoms with E-state index in [0.717, 1.165) is 6.07 Å². The second-order valence-corrected chi connectivity index (χ2v) is 8.26. The average Bonchev–Trinajstić information content (AvgIpc) is 2.70. The average molecular weight is 478 g/mol. The van der Waals surface area contributed by atoms with Crippen LogP contribution in [0.5, 0.6) is 5.75 Å². The molecule has 2 aromatic rings. The fourth-order valence-corrected chi connectivity index (χ4v) is 3.68. The quantitative estimate of drug-likeness (QED) is 0.230. The Hall–Kier alpha value is -2.60. The number of nitrogens with one attached hydrogen (secondary N) is 2. The summed E-state index contributed by atoms with van der Waals surface area (Å²) in [6.07, 6.45) is 0. The fourth-order valence-electron chi connectivity index (χ4n) is 2.23. The number of rotatable bonds is 10. The van der Waals surface area contributed by atoms with Crippen molar-refractivity contribution in [2.24, 2.45) is 0 Å². The molecule has 0 saturated heterocycles. The molecule has 0 bridgehead atoms. The summed E-state index contributed by atoms with van der Waals surface area (Å²) in [6.45, 7) is -0.828. The topological polar surface area (TPSA) is 137 Å². The molecule has 0 amide bonds. The molecule has 2 aromatic carbocycles. The van der Waals surface area contributed by atoms with E-state index < -0.39 is 33.1 Å². The van der Waals surface area contributed by atoms with Crippen molar-refractivity contribution >= 4 is 50.6 Å². The van der Waals surface area contributed by atoms with Gasteiger partial charge in [-0.3, -0.25) is 14.9 Å². The van der Waals surface area contributed by atoms with Gasteiger partial charge in [-0.25, -0.2) is 8.42 Å². The van der Waals surface area contributed by atoms with Crippen molar-refractivity contribution in [2.45, 2.75) is 4.90 Å². The molecule has 0 spiro atoms. The third kappa shape index (κ3) is 6.46. The molecule has 0 aliphatic rings. The van der Waals surface area contributed by atoms with Gasteiger partial charge in [-0.15, -0.1) is 0 Å². The molecule has 0 saturated carbocycles. The molecule has 10 nitrogen and oxygen atoms in total. The Kier molecular flexibility index (Phi) is 8.24. The number of carbonyl (C=O) groups excluding carboxylic acids is 1. The first kappa shape index (κ1) is 23.7. The summed E-state index contributed by atoms with van der Waals surface area (Å²) < 4.78 is 36.8. The fraction of sp³-hybridized carbons (Fsp3) is 0.235. The summed E-state index contributed by atoms with van der Waals surface area (Å²) in [4.78, 5) is 21.7. The minimum Gasteiger partial charge on any atom is -0.488 e. The largest absolute Gasteiger partial charge is 0.488 e. The van der Waals surface area contributed by atoms with Gasteiger partial charge in [0.25, 0.3) is 5.69 Å². The first-order chi connectivity index (χ1) is 14.1. The van der Waals surface area contributed by atoms with Gasteiger partial charge in [-0.05, 0) is 30.3 Å². The van der Waals surface area contributed by atoms with Gasteiger partial charge in [0.2, 0.25) is 10.0 Å². The Bertz CT molecular complexity index is 1050. The van der Waals surface area contributed by atoms with Gasteiger partial charge in [-0.2, -0.15) is 4.72 Å². The van der Waals surface area contributed by atoms with Crippen LogP contribution in [-0.2, 0) is 19.6 Å². The van der Waals surface area contributed by atoms with E-state index in [-0.39, 0.29) is 23.8 Å². The van der Waals surface area contributed by atoms with Crippen LogP contribution in [0.4, 0.5) is 11.4 Å². The molecule has 0 atom stereocenters. The smallest absolute Gasteiger partial charge is 0.321 e. The van der Waals surface area contributed by atoms with Crippen molar-refractivity contribution in [1.82, 2.24) is 4.72 Å². The molecule has 0 fully saturated rings. The van der Waals surface area contributed by atoms with E-state index in [1.54, 1.807) is 12.1 Å². The number of anilines is 1. The van der Waals surface area contributed by atoms with E-state index in [1.807, 2.05) is 4.72 Å². The van der Waals surface area contributed by atoms with E-state index in [4.69, 9.17) is 32.7 Å². The molecule has 0 radical (unpaired) electrons. The van der Waals surface area contributed by atoms with Crippen LogP contribution in [0.15, 0.2) is 41.3 Å². The number of ether oxygens (including phenoxy) is 2. The van der Waals surface area contributed by atoms with E-state index in [0.29, 0.717) is 15.8 Å². The Morgan fingerprint density at radius 3 is 2.53 bits per heavy atom. The zero-order valence-electron chi connectivity index (χ0n) is 15.6. The second kappa shape index (κ2) is 10.4. The number of hydrogen-bond acceptors (Lipinski definition) is 8. The summed E-state index contributed by atoms with van der Waals surface area (Å²) in [6, 6.07) is 7.95. The molecule has 0 heterocycles. The number of nitro benzene ring substituents is 1. The van der Waals surface area contributed by atoms with Crippen LogP contribution < -0.4 is 14.8 Å². The zero-order chi connectivity index (χ0) is 22.3. The highest BCUT2D eigenvalue weighted by molar-refractivity contribution is 7.89. The lowest BCUT2D eigenvalue weighted by Crippen LogP contribution is -2.31. The Morgan fingerprint density at radius 2 is 1.90 bits per heavy atom. The van der Waals surface area contributed by atoms with Gasteiger partial charge in [-0.1, -0.05) is 23.2 Å². The Balaban J connectivity index is 1.86. The molecule has 13 heteroatoms. The number of nitrogens with zero attached hydrogens (tertiary/aromatic N) is 1. The molecule has 0 aliphatic heterocycles. The summed E-state index contributed by atoms with van der Waals surface area (Å²) in [5.41, 5.74) is -0.264. The van der Waals surface area contributed by atoms with E-state index >= 15 is 0 Å². The van der Waals surface area contributed by atoms with Crippen LogP contribution in [-0.4, -0.2) is 46.1 Å². The number of hydrogen-bond donors (Lipinski definition) is 2. The molecule has 0 aliphatic carbocycles. The molecule has 2 rings (SSSR count). The summed E-state index contributed by atoms with van der Waals surface area (Å²) in [7, 11) is -2.70. The highest BCUT2D eigenvalue weighted by atomic mass is 35.5. The molecule has 2 N–H and O–H groups in total. The van der Waals surface area contributed by atoms with Crippen LogP contribution in [0.3, 0.4) is 0 Å². The molecule has 162 valence electrons. The molecule has 30 heavy (non-hydrogen) atoms. The zero-order valence-corrected chi connectivity index (χ0v) is 17.9. The number of esters is 1. The minimum absolute atomic E-state index is 0.0164. The summed E-state index contributed by atoms with van der Waals surface area (Å²) in [5.74, 6) is -0.504. The third-order valence-corrected chi connectivity index (χ3v) is 5.58. The normalized spacial score (nSPS) is 11.0. The van der Waals surface area contributed by atoms with E-state index in [2.05, 4.69) is 5.32 Å². The standard InChI is InChI=1S/C17H17Cl2N3O7S/c1-20-14-4-3-12(9-15(14)22(24)25)30(26,27)21-10-17(23)29-7-6-28-16-5-2-11(18)8-13(16)19/h2-5,8-9,20-21H,6-7,10H2,1H3. The maximum Gasteiger partial charge on any atom is 0.321 e. The van der Waals surface area contributed by atoms with Gasteiger partial charge in [0, 0.05) is 18.1 Å². The van der Waals surface area contributed by atoms with E-state index in [9.17, 15) is 23.3 Å². The van der Waals surface area contributed by atoms with Crippen LogP contribution >= 0.6 is 23.2 Å². The van der Waals surface area contributed by atoms with Crippen molar-refractivity contribution in [3.8, 4) is 5.75 Å². The van der Waals surface area contributed by atoms with E-state index in [1.165, 1.54) is 25.2 Å². The molecule has 0 aromatic heterocycles. The van der Waals surface area contributed by atoms with Crippen LogP contribution in [0.25, 0.3) is 0 Å². The van der Waals surface area contributed by atoms with Gasteiger partial charge >= 0.3 is 5.97 Å². The highest BCUT2D eigenvalue weighted by Gasteiger charge is 2.21. The SMILES string of the molecule is CNc1ccc(S(=O)(=O)NCC(=O)OCCOc2ccc(Cl)cc2Cl)cc1[N+](=O)[O-]. The van der Waals surface area contributed by atoms with Gasteiger partial charge in [0.1, 0.15) is 31.2 Å². The minimum atomic E-state index is -4.16. The first-order valence-electron chi connectivity index (χ1n) is 8.33. The lowest BCUT2D eigenvalue weighted by Gasteiger charge is -2.10. The van der Waals surface area contributed by atoms with Gasteiger partial charge in [0.05, 0.1) is 14.8 Å². The predicted octanol–water partition coefficient (Wildman–Crippen LogP) is 2.84. The monoisotopic (exact) mass is 477 g/mol. The highest BCUT2D eigenvalue weighted by Crippen LogP contribution is 2.28. The van der Waals surface area contributed by atoms with Crippen LogP contribution in [0.1, 0.15) is 0 Å². The van der Waals surface area contributed by atoms with Gasteiger partial charge in [0.15, 0.2) is 0 Å². The van der Waals surface area contributed by atoms with Crippen molar-refractivity contribution in [3.63, 3.8) is 0 Å². The number of nitro groups is 1. The molecular formula is C17H17Cl2N3O7S. The molecular weight excluding hydrogens is 461 g/mol. The van der Waals surface area contributed by atoms with Crippen LogP contribution in [0, 0.1) is 10.1 Å². The first-order valence-corrected chi connectivity index (χ1v) is 10.6. The molecule has 0 unspecified atom stereocenters. The Labute approximate surface area is 182 Å². The summed E-state index contributed by atoms with van der Waals surface area (Å²) >= 11 is 11.7. The number of carbonyl (C=O) groups is 1. The lowest BCUT2D eigenvalue weighted by molar-refractivity contribution is -0.384. The number of benzene rings is 2. The number of halogens is 2.